The zero-order chi connectivity index (χ0) is 27.9. The minimum absolute atomic E-state index is 0.0762. The number of fused-ring (bicyclic) bond motifs is 1. The number of halogens is 4. The zero-order valence-electron chi connectivity index (χ0n) is 19.7. The molecule has 5 rings (SSSR count). The van der Waals surface area contributed by atoms with E-state index < -0.39 is 22.3 Å². The molecular formula is C29H15BrF3N3O2S. The lowest BCUT2D eigenvalue weighted by Gasteiger charge is -2.15. The zero-order valence-corrected chi connectivity index (χ0v) is 22.1. The van der Waals surface area contributed by atoms with Gasteiger partial charge in [-0.05, 0) is 48.5 Å². The Morgan fingerprint density at radius 3 is 2.31 bits per heavy atom. The van der Waals surface area contributed by atoms with Crippen LogP contribution in [0.25, 0.3) is 38.1 Å². The first-order valence-corrected chi connectivity index (χ1v) is 13.5. The van der Waals surface area contributed by atoms with Gasteiger partial charge >= 0.3 is 0 Å². The summed E-state index contributed by atoms with van der Waals surface area (Å²) in [6, 6.07) is 21.1. The Hall–Kier alpha value is -4.38. The Morgan fingerprint density at radius 2 is 1.67 bits per heavy atom. The highest BCUT2D eigenvalue weighted by Crippen LogP contribution is 2.47. The van der Waals surface area contributed by atoms with Crippen LogP contribution < -0.4 is 0 Å². The average Bonchev–Trinajstić information content (AvgIpc) is 3.27. The van der Waals surface area contributed by atoms with Gasteiger partial charge in [0, 0.05) is 37.7 Å². The summed E-state index contributed by atoms with van der Waals surface area (Å²) < 4.78 is 71.0. The van der Waals surface area contributed by atoms with Crippen LogP contribution in [0.3, 0.4) is 0 Å². The molecule has 0 aliphatic carbocycles. The van der Waals surface area contributed by atoms with Crippen LogP contribution in [0.15, 0.2) is 94.3 Å². The molecule has 0 saturated heterocycles. The lowest BCUT2D eigenvalue weighted by atomic mass is 9.93. The molecule has 0 unspecified atom stereocenters. The summed E-state index contributed by atoms with van der Waals surface area (Å²) in [6.07, 6.45) is -2.78. The van der Waals surface area contributed by atoms with Crippen molar-refractivity contribution in [1.29, 1.82) is 5.26 Å². The highest BCUT2D eigenvalue weighted by Gasteiger charge is 2.31. The van der Waals surface area contributed by atoms with Crippen molar-refractivity contribution < 1.29 is 21.6 Å². The van der Waals surface area contributed by atoms with Gasteiger partial charge < -0.3 is 0 Å². The van der Waals surface area contributed by atoms with Crippen LogP contribution >= 0.6 is 15.9 Å². The highest BCUT2D eigenvalue weighted by atomic mass is 79.9. The smallest absolute Gasteiger partial charge is 0.237 e. The molecule has 0 bridgehead atoms. The molecule has 4 aromatic carbocycles. The third-order valence-electron chi connectivity index (χ3n) is 6.19. The fraction of sp³-hybridized carbons (Fsp3) is 0.0345. The molecule has 10 heteroatoms. The van der Waals surface area contributed by atoms with E-state index in [2.05, 4.69) is 26.8 Å². The van der Waals surface area contributed by atoms with Crippen molar-refractivity contribution >= 4 is 42.5 Å². The van der Waals surface area contributed by atoms with Gasteiger partial charge in [0.25, 0.3) is 16.4 Å². The Morgan fingerprint density at radius 1 is 0.949 bits per heavy atom. The van der Waals surface area contributed by atoms with E-state index >= 15 is 0 Å². The molecule has 0 fully saturated rings. The van der Waals surface area contributed by atoms with Crippen molar-refractivity contribution in [2.45, 2.75) is 11.3 Å². The maximum atomic E-state index is 14.7. The molecule has 1 heterocycles. The van der Waals surface area contributed by atoms with Crippen LogP contribution in [0.4, 0.5) is 18.9 Å². The van der Waals surface area contributed by atoms with E-state index in [0.29, 0.717) is 10.0 Å². The number of hydrogen-bond donors (Lipinski definition) is 0. The van der Waals surface area contributed by atoms with Crippen LogP contribution in [0, 0.1) is 23.7 Å². The third kappa shape index (κ3) is 4.48. The quantitative estimate of drug-likeness (QED) is 0.189. The number of nitriles is 1. The summed E-state index contributed by atoms with van der Waals surface area (Å²) in [5.41, 5.74) is 0.735. The normalized spacial score (nSPS) is 11.5. The lowest BCUT2D eigenvalue weighted by molar-refractivity contribution is 0.151. The van der Waals surface area contributed by atoms with Crippen LogP contribution in [0.2, 0.25) is 0 Å². The fourth-order valence-corrected chi connectivity index (χ4v) is 6.46. The van der Waals surface area contributed by atoms with Crippen molar-refractivity contribution in [2.24, 2.45) is 0 Å². The van der Waals surface area contributed by atoms with Crippen molar-refractivity contribution in [3.05, 3.63) is 118 Å². The molecule has 0 radical (unpaired) electrons. The maximum absolute atomic E-state index is 14.7. The first-order valence-electron chi connectivity index (χ1n) is 11.3. The van der Waals surface area contributed by atoms with E-state index in [0.717, 1.165) is 40.4 Å². The fourth-order valence-electron chi connectivity index (χ4n) is 4.52. The van der Waals surface area contributed by atoms with E-state index in [-0.39, 0.29) is 49.4 Å². The summed E-state index contributed by atoms with van der Waals surface area (Å²) in [4.78, 5) is 3.29. The first-order chi connectivity index (χ1) is 18.7. The van der Waals surface area contributed by atoms with Gasteiger partial charge in [0.1, 0.15) is 5.82 Å². The second kappa shape index (κ2) is 10.1. The minimum Gasteiger partial charge on any atom is -0.237 e. The van der Waals surface area contributed by atoms with Crippen molar-refractivity contribution in [2.75, 3.05) is 0 Å². The minimum atomic E-state index is -4.47. The SMILES string of the molecule is [C-]#[N+]c1cccc(C#N)c1-c1c(-c2cccc(Br)c2)n(S(=O)(=O)c2ccc(C(F)F)cc2)c2ccc(F)cc12. The number of rotatable bonds is 5. The monoisotopic (exact) mass is 605 g/mol. The van der Waals surface area contributed by atoms with Gasteiger partial charge in [0.15, 0.2) is 5.69 Å². The average molecular weight is 606 g/mol. The van der Waals surface area contributed by atoms with Crippen LogP contribution in [-0.2, 0) is 10.0 Å². The summed E-state index contributed by atoms with van der Waals surface area (Å²) in [5.74, 6) is -0.654. The number of benzene rings is 4. The second-order valence-corrected chi connectivity index (χ2v) is 11.2. The predicted molar refractivity (Wildman–Crippen MR) is 145 cm³/mol. The standard InChI is InChI=1S/C29H15BrF3N3O2S/c1-35-24-7-3-5-19(16-34)26(24)27-23-15-21(31)10-13-25(23)36(28(27)18-4-2-6-20(30)14-18)39(37,38)22-11-8-17(9-12-22)29(32)33/h2-15,29H. The maximum Gasteiger partial charge on any atom is 0.268 e. The van der Waals surface area contributed by atoms with E-state index in [9.17, 15) is 26.9 Å². The van der Waals surface area contributed by atoms with Gasteiger partial charge in [-0.1, -0.05) is 52.3 Å². The molecule has 1 aromatic heterocycles. The van der Waals surface area contributed by atoms with Gasteiger partial charge in [-0.15, -0.1) is 0 Å². The summed E-state index contributed by atoms with van der Waals surface area (Å²) in [5, 5.41) is 10.1. The van der Waals surface area contributed by atoms with Crippen molar-refractivity contribution in [3.8, 4) is 28.5 Å². The van der Waals surface area contributed by atoms with E-state index in [4.69, 9.17) is 6.57 Å². The number of alkyl halides is 2. The second-order valence-electron chi connectivity index (χ2n) is 8.46. The van der Waals surface area contributed by atoms with E-state index in [1.165, 1.54) is 24.3 Å². The Balaban J connectivity index is 2.00. The molecule has 0 N–H and O–H groups in total. The van der Waals surface area contributed by atoms with Crippen molar-refractivity contribution in [3.63, 3.8) is 0 Å². The van der Waals surface area contributed by atoms with Crippen LogP contribution in [0.1, 0.15) is 17.6 Å². The van der Waals surface area contributed by atoms with E-state index in [1.54, 1.807) is 24.3 Å². The number of aromatic nitrogens is 1. The molecule has 39 heavy (non-hydrogen) atoms. The Bertz CT molecular complexity index is 1920. The molecular weight excluding hydrogens is 591 g/mol. The molecule has 0 spiro atoms. The Labute approximate surface area is 230 Å². The molecule has 5 aromatic rings. The van der Waals surface area contributed by atoms with Crippen molar-refractivity contribution in [1.82, 2.24) is 3.97 Å². The predicted octanol–water partition coefficient (Wildman–Crippen LogP) is 8.47. The molecule has 5 nitrogen and oxygen atoms in total. The van der Waals surface area contributed by atoms with Crippen LogP contribution in [-0.4, -0.2) is 12.4 Å². The summed E-state index contributed by atoms with van der Waals surface area (Å²) in [6.45, 7) is 7.73. The van der Waals surface area contributed by atoms with E-state index in [1.807, 2.05) is 0 Å². The first kappa shape index (κ1) is 26.2. The van der Waals surface area contributed by atoms with Gasteiger partial charge in [-0.2, -0.15) is 5.26 Å². The van der Waals surface area contributed by atoms with Gasteiger partial charge in [0.05, 0.1) is 28.7 Å². The topological polar surface area (TPSA) is 67.2 Å². The van der Waals surface area contributed by atoms with Crippen LogP contribution in [0.5, 0.6) is 0 Å². The number of hydrogen-bond acceptors (Lipinski definition) is 3. The largest absolute Gasteiger partial charge is 0.268 e. The lowest BCUT2D eigenvalue weighted by Crippen LogP contribution is -2.14. The molecule has 192 valence electrons. The molecule has 0 atom stereocenters. The molecule has 0 aliphatic heterocycles. The highest BCUT2D eigenvalue weighted by molar-refractivity contribution is 9.10. The van der Waals surface area contributed by atoms with Gasteiger partial charge in [-0.25, -0.2) is 30.4 Å². The van der Waals surface area contributed by atoms with Gasteiger partial charge in [-0.3, -0.25) is 0 Å². The molecule has 0 saturated carbocycles. The summed E-state index contributed by atoms with van der Waals surface area (Å²) in [7, 11) is -4.47. The Kier molecular flexibility index (Phi) is 6.77. The third-order valence-corrected chi connectivity index (χ3v) is 8.41. The van der Waals surface area contributed by atoms with Gasteiger partial charge in [0.2, 0.25) is 0 Å². The number of nitrogens with zero attached hydrogens (tertiary/aromatic N) is 3. The molecule has 0 amide bonds. The summed E-state index contributed by atoms with van der Waals surface area (Å²) >= 11 is 3.40. The molecule has 0 aliphatic rings.